The Bertz CT molecular complexity index is 1120. The van der Waals surface area contributed by atoms with Crippen LogP contribution in [0.3, 0.4) is 0 Å². The third-order valence-corrected chi connectivity index (χ3v) is 4.91. The molecule has 7 heteroatoms. The average Bonchev–Trinajstić information content (AvgIpc) is 3.35. The Morgan fingerprint density at radius 1 is 1.07 bits per heavy atom. The lowest BCUT2D eigenvalue weighted by Gasteiger charge is -2.11. The molecule has 0 saturated heterocycles. The number of hydrogen-bond donors (Lipinski definition) is 1. The lowest BCUT2D eigenvalue weighted by molar-refractivity contribution is 0.0950. The van der Waals surface area contributed by atoms with Crippen LogP contribution in [0.5, 0.6) is 0 Å². The number of aromatic nitrogens is 5. The molecule has 0 saturated carbocycles. The van der Waals surface area contributed by atoms with Gasteiger partial charge in [0.15, 0.2) is 0 Å². The van der Waals surface area contributed by atoms with Gasteiger partial charge in [0.2, 0.25) is 0 Å². The van der Waals surface area contributed by atoms with Gasteiger partial charge >= 0.3 is 0 Å². The number of amides is 1. The molecule has 0 spiro atoms. The van der Waals surface area contributed by atoms with Crippen LogP contribution in [0.4, 0.5) is 0 Å². The lowest BCUT2D eigenvalue weighted by Crippen LogP contribution is -2.24. The maximum Gasteiger partial charge on any atom is 0.253 e. The third kappa shape index (κ3) is 3.94. The summed E-state index contributed by atoms with van der Waals surface area (Å²) >= 11 is 0. The molecule has 0 unspecified atom stereocenters. The SMILES string of the molecule is Cc1cc(C(=O)NCc2ccccc2Cn2cncn2)c(C)n1-c1ccccn1. The van der Waals surface area contributed by atoms with Gasteiger partial charge in [0.1, 0.15) is 18.5 Å². The molecular weight excluding hydrogens is 364 g/mol. The number of nitrogens with zero attached hydrogens (tertiary/aromatic N) is 5. The topological polar surface area (TPSA) is 77.6 Å². The Balaban J connectivity index is 1.52. The summed E-state index contributed by atoms with van der Waals surface area (Å²) in [5.74, 6) is 0.704. The molecule has 0 aliphatic carbocycles. The van der Waals surface area contributed by atoms with Crippen molar-refractivity contribution in [3.63, 3.8) is 0 Å². The molecule has 0 atom stereocenters. The molecule has 0 fully saturated rings. The smallest absolute Gasteiger partial charge is 0.253 e. The van der Waals surface area contributed by atoms with Gasteiger partial charge in [0.25, 0.3) is 5.91 Å². The molecule has 29 heavy (non-hydrogen) atoms. The van der Waals surface area contributed by atoms with E-state index in [0.717, 1.165) is 28.3 Å². The molecule has 4 aromatic rings. The summed E-state index contributed by atoms with van der Waals surface area (Å²) in [6.45, 7) is 4.97. The zero-order chi connectivity index (χ0) is 20.2. The first-order valence-electron chi connectivity index (χ1n) is 9.41. The maximum absolute atomic E-state index is 12.9. The molecule has 146 valence electrons. The molecular formula is C22H22N6O. The quantitative estimate of drug-likeness (QED) is 0.552. The molecule has 7 nitrogen and oxygen atoms in total. The van der Waals surface area contributed by atoms with Crippen molar-refractivity contribution >= 4 is 5.91 Å². The van der Waals surface area contributed by atoms with Gasteiger partial charge in [-0.25, -0.2) is 14.6 Å². The zero-order valence-corrected chi connectivity index (χ0v) is 16.4. The maximum atomic E-state index is 12.9. The normalized spacial score (nSPS) is 10.8. The standard InChI is InChI=1S/C22H22N6O/c1-16-11-20(17(2)28(16)21-9-5-6-10-24-21)22(29)25-12-18-7-3-4-8-19(18)13-27-15-23-14-26-27/h3-11,14-15H,12-13H2,1-2H3,(H,25,29). The molecule has 1 aromatic carbocycles. The minimum absolute atomic E-state index is 0.101. The average molecular weight is 386 g/mol. The highest BCUT2D eigenvalue weighted by molar-refractivity contribution is 5.95. The second-order valence-electron chi connectivity index (χ2n) is 6.85. The zero-order valence-electron chi connectivity index (χ0n) is 16.4. The second kappa shape index (κ2) is 8.10. The van der Waals surface area contributed by atoms with E-state index in [9.17, 15) is 4.79 Å². The van der Waals surface area contributed by atoms with E-state index < -0.39 is 0 Å². The van der Waals surface area contributed by atoms with E-state index in [0.29, 0.717) is 18.7 Å². The number of carbonyl (C=O) groups is 1. The third-order valence-electron chi connectivity index (χ3n) is 4.91. The fourth-order valence-corrected chi connectivity index (χ4v) is 3.48. The lowest BCUT2D eigenvalue weighted by atomic mass is 10.1. The van der Waals surface area contributed by atoms with Crippen molar-refractivity contribution in [2.45, 2.75) is 26.9 Å². The van der Waals surface area contributed by atoms with E-state index >= 15 is 0 Å². The number of aryl methyl sites for hydroxylation is 1. The summed E-state index contributed by atoms with van der Waals surface area (Å²) in [6.07, 6.45) is 4.95. The highest BCUT2D eigenvalue weighted by atomic mass is 16.1. The van der Waals surface area contributed by atoms with Gasteiger partial charge in [-0.3, -0.25) is 4.79 Å². The van der Waals surface area contributed by atoms with Crippen LogP contribution in [0.2, 0.25) is 0 Å². The highest BCUT2D eigenvalue weighted by Gasteiger charge is 2.17. The van der Waals surface area contributed by atoms with Crippen LogP contribution < -0.4 is 5.32 Å². The number of hydrogen-bond acceptors (Lipinski definition) is 4. The largest absolute Gasteiger partial charge is 0.348 e. The van der Waals surface area contributed by atoms with E-state index in [4.69, 9.17) is 0 Å². The van der Waals surface area contributed by atoms with Crippen molar-refractivity contribution in [3.8, 4) is 5.82 Å². The van der Waals surface area contributed by atoms with Crippen LogP contribution >= 0.6 is 0 Å². The Morgan fingerprint density at radius 2 is 1.86 bits per heavy atom. The number of carbonyl (C=O) groups excluding carboxylic acids is 1. The fraction of sp³-hybridized carbons (Fsp3) is 0.182. The summed E-state index contributed by atoms with van der Waals surface area (Å²) < 4.78 is 3.76. The van der Waals surface area contributed by atoms with Crippen molar-refractivity contribution in [2.75, 3.05) is 0 Å². The van der Waals surface area contributed by atoms with Gasteiger partial charge in [-0.15, -0.1) is 0 Å². The predicted octanol–water partition coefficient (Wildman–Crippen LogP) is 3.06. The summed E-state index contributed by atoms with van der Waals surface area (Å²) in [4.78, 5) is 21.3. The van der Waals surface area contributed by atoms with E-state index in [1.807, 2.05) is 66.9 Å². The molecule has 0 radical (unpaired) electrons. The second-order valence-corrected chi connectivity index (χ2v) is 6.85. The molecule has 0 bridgehead atoms. The Kier molecular flexibility index (Phi) is 5.20. The van der Waals surface area contributed by atoms with E-state index in [1.54, 1.807) is 17.2 Å². The van der Waals surface area contributed by atoms with Crippen LogP contribution in [0, 0.1) is 13.8 Å². The summed E-state index contributed by atoms with van der Waals surface area (Å²) in [5, 5.41) is 7.21. The minimum atomic E-state index is -0.101. The summed E-state index contributed by atoms with van der Waals surface area (Å²) in [6, 6.07) is 15.7. The van der Waals surface area contributed by atoms with E-state index in [2.05, 4.69) is 20.4 Å². The van der Waals surface area contributed by atoms with Gasteiger partial charge in [-0.1, -0.05) is 30.3 Å². The van der Waals surface area contributed by atoms with Crippen molar-refractivity contribution in [1.29, 1.82) is 0 Å². The van der Waals surface area contributed by atoms with Crippen molar-refractivity contribution in [3.05, 3.63) is 95.5 Å². The highest BCUT2D eigenvalue weighted by Crippen LogP contribution is 2.19. The van der Waals surface area contributed by atoms with Gasteiger partial charge in [0, 0.05) is 24.1 Å². The number of nitrogens with one attached hydrogen (secondary N) is 1. The first-order chi connectivity index (χ1) is 14.1. The van der Waals surface area contributed by atoms with Gasteiger partial charge in [-0.05, 0) is 43.2 Å². The predicted molar refractivity (Wildman–Crippen MR) is 110 cm³/mol. The molecule has 3 heterocycles. The van der Waals surface area contributed by atoms with Crippen LogP contribution in [-0.4, -0.2) is 30.2 Å². The van der Waals surface area contributed by atoms with E-state index in [1.165, 1.54) is 6.33 Å². The van der Waals surface area contributed by atoms with E-state index in [-0.39, 0.29) is 5.91 Å². The first kappa shape index (κ1) is 18.6. The molecule has 1 N–H and O–H groups in total. The van der Waals surface area contributed by atoms with Crippen LogP contribution in [0.1, 0.15) is 32.9 Å². The first-order valence-corrected chi connectivity index (χ1v) is 9.41. The summed E-state index contributed by atoms with van der Waals surface area (Å²) in [5.41, 5.74) is 4.64. The summed E-state index contributed by atoms with van der Waals surface area (Å²) in [7, 11) is 0. The van der Waals surface area contributed by atoms with Gasteiger partial charge < -0.3 is 9.88 Å². The number of rotatable bonds is 6. The molecule has 0 aliphatic heterocycles. The van der Waals surface area contributed by atoms with Gasteiger partial charge in [0.05, 0.1) is 12.1 Å². The molecule has 3 aromatic heterocycles. The van der Waals surface area contributed by atoms with Crippen LogP contribution in [-0.2, 0) is 13.1 Å². The van der Waals surface area contributed by atoms with Gasteiger partial charge in [-0.2, -0.15) is 5.10 Å². The Hall–Kier alpha value is -3.74. The van der Waals surface area contributed by atoms with Crippen LogP contribution in [0.25, 0.3) is 5.82 Å². The molecule has 1 amide bonds. The van der Waals surface area contributed by atoms with Crippen LogP contribution in [0.15, 0.2) is 67.4 Å². The number of pyridine rings is 1. The molecule has 4 rings (SSSR count). The Labute approximate surface area is 169 Å². The molecule has 0 aliphatic rings. The van der Waals surface area contributed by atoms with Crippen molar-refractivity contribution < 1.29 is 4.79 Å². The monoisotopic (exact) mass is 386 g/mol. The van der Waals surface area contributed by atoms with Crippen molar-refractivity contribution in [2.24, 2.45) is 0 Å². The Morgan fingerprint density at radius 3 is 2.59 bits per heavy atom. The fourth-order valence-electron chi connectivity index (χ4n) is 3.48. The minimum Gasteiger partial charge on any atom is -0.348 e. The van der Waals surface area contributed by atoms with Crippen molar-refractivity contribution in [1.82, 2.24) is 29.6 Å². The number of benzene rings is 1.